The maximum atomic E-state index is 11.8. The summed E-state index contributed by atoms with van der Waals surface area (Å²) in [7, 11) is 0. The zero-order chi connectivity index (χ0) is 18.2. The van der Waals surface area contributed by atoms with E-state index in [1.54, 1.807) is 36.4 Å². The molecule has 0 aliphatic rings. The second-order valence-electron chi connectivity index (χ2n) is 5.63. The number of benzene rings is 2. The number of aryl methyl sites for hydroxylation is 1. The van der Waals surface area contributed by atoms with Crippen LogP contribution in [0.25, 0.3) is 0 Å². The van der Waals surface area contributed by atoms with Gasteiger partial charge in [-0.25, -0.2) is 0 Å². The first-order valence-electron chi connectivity index (χ1n) is 7.81. The number of ether oxygens (including phenoxy) is 1. The number of carbonyl (C=O) groups excluding carboxylic acids is 3. The zero-order valence-corrected chi connectivity index (χ0v) is 14.2. The SMILES string of the molecule is CC(=O)Nc1ccc(CC(=O)OCC(=O)Nc2ccc(C)cc2)cc1. The predicted octanol–water partition coefficient (Wildman–Crippen LogP) is 2.68. The first-order chi connectivity index (χ1) is 11.9. The van der Waals surface area contributed by atoms with Gasteiger partial charge in [-0.15, -0.1) is 0 Å². The van der Waals surface area contributed by atoms with Gasteiger partial charge in [-0.1, -0.05) is 29.8 Å². The zero-order valence-electron chi connectivity index (χ0n) is 14.2. The van der Waals surface area contributed by atoms with Crippen LogP contribution < -0.4 is 10.6 Å². The topological polar surface area (TPSA) is 84.5 Å². The summed E-state index contributed by atoms with van der Waals surface area (Å²) in [5, 5.41) is 5.30. The van der Waals surface area contributed by atoms with Crippen LogP contribution in [0.2, 0.25) is 0 Å². The maximum absolute atomic E-state index is 11.8. The third-order valence-corrected chi connectivity index (χ3v) is 3.32. The monoisotopic (exact) mass is 340 g/mol. The predicted molar refractivity (Wildman–Crippen MR) is 95.2 cm³/mol. The second kappa shape index (κ2) is 8.63. The fourth-order valence-electron chi connectivity index (χ4n) is 2.11. The molecule has 2 aromatic carbocycles. The summed E-state index contributed by atoms with van der Waals surface area (Å²) in [5.74, 6) is -1.05. The molecular weight excluding hydrogens is 320 g/mol. The maximum Gasteiger partial charge on any atom is 0.310 e. The largest absolute Gasteiger partial charge is 0.455 e. The van der Waals surface area contributed by atoms with E-state index in [1.165, 1.54) is 6.92 Å². The molecule has 0 heterocycles. The van der Waals surface area contributed by atoms with Crippen LogP contribution in [0.3, 0.4) is 0 Å². The van der Waals surface area contributed by atoms with Crippen LogP contribution in [0.5, 0.6) is 0 Å². The van der Waals surface area contributed by atoms with Crippen LogP contribution in [0.1, 0.15) is 18.1 Å². The normalized spacial score (nSPS) is 10.0. The van der Waals surface area contributed by atoms with E-state index in [1.807, 2.05) is 19.1 Å². The number of amides is 2. The Morgan fingerprint density at radius 3 is 2.04 bits per heavy atom. The number of rotatable bonds is 6. The summed E-state index contributed by atoms with van der Waals surface area (Å²) in [4.78, 5) is 34.5. The van der Waals surface area contributed by atoms with Crippen molar-refractivity contribution in [2.45, 2.75) is 20.3 Å². The van der Waals surface area contributed by atoms with Gasteiger partial charge in [0.2, 0.25) is 5.91 Å². The van der Waals surface area contributed by atoms with Crippen LogP contribution in [0.4, 0.5) is 11.4 Å². The Morgan fingerprint density at radius 2 is 1.44 bits per heavy atom. The fraction of sp³-hybridized carbons (Fsp3) is 0.211. The Labute approximate surface area is 146 Å². The molecule has 0 fully saturated rings. The lowest BCUT2D eigenvalue weighted by Gasteiger charge is -2.07. The van der Waals surface area contributed by atoms with Crippen molar-refractivity contribution in [1.82, 2.24) is 0 Å². The number of hydrogen-bond acceptors (Lipinski definition) is 4. The summed E-state index contributed by atoms with van der Waals surface area (Å²) >= 11 is 0. The Morgan fingerprint density at radius 1 is 0.880 bits per heavy atom. The third-order valence-electron chi connectivity index (χ3n) is 3.32. The van der Waals surface area contributed by atoms with Crippen molar-refractivity contribution in [3.8, 4) is 0 Å². The number of carbonyl (C=O) groups is 3. The van der Waals surface area contributed by atoms with E-state index >= 15 is 0 Å². The molecule has 2 aromatic rings. The minimum absolute atomic E-state index is 0.0537. The molecule has 25 heavy (non-hydrogen) atoms. The molecule has 2 amide bonds. The van der Waals surface area contributed by atoms with Gasteiger partial charge >= 0.3 is 5.97 Å². The lowest BCUT2D eigenvalue weighted by molar-refractivity contribution is -0.146. The Kier molecular flexibility index (Phi) is 6.28. The average molecular weight is 340 g/mol. The molecule has 6 heteroatoms. The Balaban J connectivity index is 1.77. The quantitative estimate of drug-likeness (QED) is 0.792. The molecule has 0 radical (unpaired) electrons. The standard InChI is InChI=1S/C19H20N2O4/c1-13-3-7-17(8-4-13)21-18(23)12-25-19(24)11-15-5-9-16(10-6-15)20-14(2)22/h3-10H,11-12H2,1-2H3,(H,20,22)(H,21,23). The van der Waals surface area contributed by atoms with E-state index in [2.05, 4.69) is 10.6 Å². The van der Waals surface area contributed by atoms with E-state index in [0.29, 0.717) is 11.4 Å². The van der Waals surface area contributed by atoms with E-state index in [-0.39, 0.29) is 18.9 Å². The highest BCUT2D eigenvalue weighted by Gasteiger charge is 2.09. The van der Waals surface area contributed by atoms with Crippen LogP contribution in [-0.4, -0.2) is 24.4 Å². The minimum atomic E-state index is -0.494. The molecule has 0 saturated heterocycles. The summed E-state index contributed by atoms with van der Waals surface area (Å²) in [6.45, 7) is 3.04. The van der Waals surface area contributed by atoms with Gasteiger partial charge < -0.3 is 15.4 Å². The van der Waals surface area contributed by atoms with Gasteiger partial charge in [-0.2, -0.15) is 0 Å². The van der Waals surface area contributed by atoms with Gasteiger partial charge in [0, 0.05) is 18.3 Å². The van der Waals surface area contributed by atoms with Crippen molar-refractivity contribution in [3.05, 3.63) is 59.7 Å². The van der Waals surface area contributed by atoms with Gasteiger partial charge in [0.25, 0.3) is 5.91 Å². The van der Waals surface area contributed by atoms with Crippen LogP contribution in [0, 0.1) is 6.92 Å². The Hall–Kier alpha value is -3.15. The molecule has 0 aliphatic carbocycles. The van der Waals surface area contributed by atoms with E-state index in [0.717, 1.165) is 11.1 Å². The van der Waals surface area contributed by atoms with Crippen LogP contribution in [-0.2, 0) is 25.5 Å². The summed E-state index contributed by atoms with van der Waals surface area (Å²) in [5.41, 5.74) is 3.13. The minimum Gasteiger partial charge on any atom is -0.455 e. The van der Waals surface area contributed by atoms with Crippen molar-refractivity contribution in [2.24, 2.45) is 0 Å². The van der Waals surface area contributed by atoms with Gasteiger partial charge in [-0.3, -0.25) is 14.4 Å². The molecule has 6 nitrogen and oxygen atoms in total. The molecule has 2 rings (SSSR count). The van der Waals surface area contributed by atoms with Gasteiger partial charge in [-0.05, 0) is 36.8 Å². The highest BCUT2D eigenvalue weighted by Crippen LogP contribution is 2.11. The third kappa shape index (κ3) is 6.47. The smallest absolute Gasteiger partial charge is 0.310 e. The van der Waals surface area contributed by atoms with E-state index < -0.39 is 11.9 Å². The number of hydrogen-bond donors (Lipinski definition) is 2. The van der Waals surface area contributed by atoms with Gasteiger partial charge in [0.1, 0.15) is 0 Å². The van der Waals surface area contributed by atoms with Gasteiger partial charge in [0.05, 0.1) is 6.42 Å². The molecule has 0 spiro atoms. The van der Waals surface area contributed by atoms with Crippen LogP contribution >= 0.6 is 0 Å². The van der Waals surface area contributed by atoms with E-state index in [9.17, 15) is 14.4 Å². The first kappa shape index (κ1) is 18.2. The summed E-state index contributed by atoms with van der Waals surface area (Å²) in [6, 6.07) is 14.2. The molecule has 0 aromatic heterocycles. The van der Waals surface area contributed by atoms with Crippen molar-refractivity contribution in [2.75, 3.05) is 17.2 Å². The van der Waals surface area contributed by atoms with Crippen LogP contribution in [0.15, 0.2) is 48.5 Å². The molecule has 0 bridgehead atoms. The van der Waals surface area contributed by atoms with Crippen molar-refractivity contribution in [1.29, 1.82) is 0 Å². The Bertz CT molecular complexity index is 752. The lowest BCUT2D eigenvalue weighted by Crippen LogP contribution is -2.21. The first-order valence-corrected chi connectivity index (χ1v) is 7.81. The number of esters is 1. The highest BCUT2D eigenvalue weighted by atomic mass is 16.5. The molecule has 130 valence electrons. The molecule has 0 unspecified atom stereocenters. The molecular formula is C19H20N2O4. The highest BCUT2D eigenvalue weighted by molar-refractivity contribution is 5.93. The fourth-order valence-corrected chi connectivity index (χ4v) is 2.11. The number of anilines is 2. The summed E-state index contributed by atoms with van der Waals surface area (Å²) in [6.07, 6.45) is 0.0537. The molecule has 0 atom stereocenters. The van der Waals surface area contributed by atoms with Gasteiger partial charge in [0.15, 0.2) is 6.61 Å². The van der Waals surface area contributed by atoms with E-state index in [4.69, 9.17) is 4.74 Å². The van der Waals surface area contributed by atoms with Crippen molar-refractivity contribution < 1.29 is 19.1 Å². The molecule has 0 saturated carbocycles. The van der Waals surface area contributed by atoms with Crippen molar-refractivity contribution in [3.63, 3.8) is 0 Å². The average Bonchev–Trinajstić information content (AvgIpc) is 2.56. The second-order valence-corrected chi connectivity index (χ2v) is 5.63. The molecule has 0 aliphatic heterocycles. The lowest BCUT2D eigenvalue weighted by atomic mass is 10.1. The molecule has 2 N–H and O–H groups in total. The number of nitrogens with one attached hydrogen (secondary N) is 2. The van der Waals surface area contributed by atoms with Crippen molar-refractivity contribution >= 4 is 29.2 Å². The summed E-state index contributed by atoms with van der Waals surface area (Å²) < 4.78 is 4.98.